The van der Waals surface area contributed by atoms with Gasteiger partial charge in [0.15, 0.2) is 0 Å². The fraction of sp³-hybridized carbons (Fsp3) is 0.368. The first-order chi connectivity index (χ1) is 11.0. The minimum Gasteiger partial charge on any atom is -0.462 e. The highest BCUT2D eigenvalue weighted by Gasteiger charge is 2.33. The topological polar surface area (TPSA) is 52.6 Å². The molecule has 0 aromatic heterocycles. The molecule has 0 bridgehead atoms. The minimum atomic E-state index is -0.568. The van der Waals surface area contributed by atoms with E-state index in [1.54, 1.807) is 24.3 Å². The summed E-state index contributed by atoms with van der Waals surface area (Å²) in [5.41, 5.74) is 1.51. The van der Waals surface area contributed by atoms with Crippen LogP contribution in [0.4, 0.5) is 0 Å². The van der Waals surface area contributed by atoms with Gasteiger partial charge in [-0.1, -0.05) is 32.9 Å². The van der Waals surface area contributed by atoms with Crippen LogP contribution in [0.5, 0.6) is 5.75 Å². The van der Waals surface area contributed by atoms with Crippen molar-refractivity contribution < 1.29 is 19.1 Å². The summed E-state index contributed by atoms with van der Waals surface area (Å²) in [5, 5.41) is 0. The smallest absolute Gasteiger partial charge is 0.347 e. The maximum absolute atomic E-state index is 12.0. The Hall–Kier alpha value is -2.36. The third kappa shape index (κ3) is 3.89. The Labute approximate surface area is 136 Å². The van der Waals surface area contributed by atoms with Crippen LogP contribution in [-0.2, 0) is 14.3 Å². The lowest BCUT2D eigenvalue weighted by molar-refractivity contribution is -0.150. The van der Waals surface area contributed by atoms with Gasteiger partial charge in [0, 0.05) is 6.42 Å². The molecule has 0 atom stereocenters. The van der Waals surface area contributed by atoms with Crippen molar-refractivity contribution in [2.45, 2.75) is 40.5 Å². The Kier molecular flexibility index (Phi) is 5.37. The molecule has 23 heavy (non-hydrogen) atoms. The number of esters is 2. The fourth-order valence-electron chi connectivity index (χ4n) is 2.48. The predicted octanol–water partition coefficient (Wildman–Crippen LogP) is 4.26. The number of carbonyl (C=O) groups is 2. The number of hydrogen-bond acceptors (Lipinski definition) is 4. The lowest BCUT2D eigenvalue weighted by Gasteiger charge is -2.09. The highest BCUT2D eigenvalue weighted by molar-refractivity contribution is 6.30. The molecule has 1 aliphatic rings. The number of allylic oxidation sites excluding steroid dienone is 2. The largest absolute Gasteiger partial charge is 0.462 e. The van der Waals surface area contributed by atoms with Crippen molar-refractivity contribution in [3.8, 4) is 5.75 Å². The highest BCUT2D eigenvalue weighted by atomic mass is 16.6. The van der Waals surface area contributed by atoms with E-state index in [-0.39, 0.29) is 5.92 Å². The van der Waals surface area contributed by atoms with E-state index in [0.717, 1.165) is 12.2 Å². The summed E-state index contributed by atoms with van der Waals surface area (Å²) in [7, 11) is 0. The molecule has 0 spiro atoms. The fourth-order valence-corrected chi connectivity index (χ4v) is 2.48. The van der Waals surface area contributed by atoms with Crippen LogP contribution < -0.4 is 4.74 Å². The van der Waals surface area contributed by atoms with Gasteiger partial charge in [-0.3, -0.25) is 0 Å². The first-order valence-electron chi connectivity index (χ1n) is 7.89. The predicted molar refractivity (Wildman–Crippen MR) is 88.6 cm³/mol. The number of benzene rings is 1. The van der Waals surface area contributed by atoms with Crippen LogP contribution in [0.2, 0.25) is 0 Å². The zero-order valence-electron chi connectivity index (χ0n) is 14.0. The molecular weight excluding hydrogens is 292 g/mol. The molecule has 1 aromatic rings. The molecule has 0 unspecified atom stereocenters. The highest BCUT2D eigenvalue weighted by Crippen LogP contribution is 2.32. The van der Waals surface area contributed by atoms with Crippen molar-refractivity contribution in [1.82, 2.24) is 0 Å². The van der Waals surface area contributed by atoms with Gasteiger partial charge in [-0.15, -0.1) is 0 Å². The zero-order chi connectivity index (χ0) is 17.0. The van der Waals surface area contributed by atoms with Crippen molar-refractivity contribution >= 4 is 17.5 Å². The Morgan fingerprint density at radius 2 is 1.83 bits per heavy atom. The van der Waals surface area contributed by atoms with E-state index in [9.17, 15) is 9.59 Å². The zero-order valence-corrected chi connectivity index (χ0v) is 14.0. The standard InChI is InChI=1S/C19H22O4/c1-5-14(6-2)22-15-9-7-13(8-10-15)17-16(11-12(3)4)18(20)23-19(17)21/h5,7-10,12H,6,11H2,1-4H3. The summed E-state index contributed by atoms with van der Waals surface area (Å²) in [4.78, 5) is 23.9. The van der Waals surface area contributed by atoms with E-state index < -0.39 is 11.9 Å². The first-order valence-corrected chi connectivity index (χ1v) is 7.89. The molecule has 1 heterocycles. The van der Waals surface area contributed by atoms with E-state index in [1.807, 2.05) is 33.8 Å². The molecular formula is C19H22O4. The summed E-state index contributed by atoms with van der Waals surface area (Å²) >= 11 is 0. The van der Waals surface area contributed by atoms with Gasteiger partial charge in [0.25, 0.3) is 0 Å². The van der Waals surface area contributed by atoms with Crippen molar-refractivity contribution in [2.75, 3.05) is 0 Å². The lowest BCUT2D eigenvalue weighted by Crippen LogP contribution is -2.03. The summed E-state index contributed by atoms with van der Waals surface area (Å²) in [5.74, 6) is 0.756. The van der Waals surface area contributed by atoms with Crippen LogP contribution in [0, 0.1) is 5.92 Å². The van der Waals surface area contributed by atoms with Gasteiger partial charge in [-0.05, 0) is 43.0 Å². The summed E-state index contributed by atoms with van der Waals surface area (Å²) in [6.07, 6.45) is 3.25. The molecule has 4 heteroatoms. The molecule has 0 saturated carbocycles. The number of carbonyl (C=O) groups excluding carboxylic acids is 2. The SMILES string of the molecule is CC=C(CC)Oc1ccc(C2=C(CC(C)C)C(=O)OC2=O)cc1. The van der Waals surface area contributed by atoms with E-state index in [1.165, 1.54) is 0 Å². The molecule has 1 aromatic carbocycles. The Morgan fingerprint density at radius 1 is 1.17 bits per heavy atom. The van der Waals surface area contributed by atoms with Gasteiger partial charge in [-0.2, -0.15) is 0 Å². The average molecular weight is 314 g/mol. The van der Waals surface area contributed by atoms with Gasteiger partial charge in [-0.25, -0.2) is 9.59 Å². The van der Waals surface area contributed by atoms with Crippen molar-refractivity contribution in [3.05, 3.63) is 47.2 Å². The van der Waals surface area contributed by atoms with E-state index in [0.29, 0.717) is 28.9 Å². The Morgan fingerprint density at radius 3 is 2.35 bits per heavy atom. The van der Waals surface area contributed by atoms with Gasteiger partial charge in [0.1, 0.15) is 5.75 Å². The van der Waals surface area contributed by atoms with Crippen LogP contribution in [0.25, 0.3) is 5.57 Å². The molecule has 0 amide bonds. The van der Waals surface area contributed by atoms with Gasteiger partial charge in [0.05, 0.1) is 16.9 Å². The van der Waals surface area contributed by atoms with Crippen LogP contribution in [-0.4, -0.2) is 11.9 Å². The monoisotopic (exact) mass is 314 g/mol. The Bertz CT molecular complexity index is 663. The molecule has 0 saturated heterocycles. The Balaban J connectivity index is 2.31. The van der Waals surface area contributed by atoms with Gasteiger partial charge >= 0.3 is 11.9 Å². The first kappa shape index (κ1) is 17.0. The summed E-state index contributed by atoms with van der Waals surface area (Å²) in [6.45, 7) is 7.95. The quantitative estimate of drug-likeness (QED) is 0.447. The van der Waals surface area contributed by atoms with Crippen LogP contribution in [0.15, 0.2) is 41.7 Å². The molecule has 4 nitrogen and oxygen atoms in total. The lowest BCUT2D eigenvalue weighted by atomic mass is 9.95. The maximum Gasteiger partial charge on any atom is 0.347 e. The molecule has 0 fully saturated rings. The molecule has 0 radical (unpaired) electrons. The average Bonchev–Trinajstić information content (AvgIpc) is 2.79. The van der Waals surface area contributed by atoms with Crippen LogP contribution in [0.3, 0.4) is 0 Å². The molecule has 0 aliphatic carbocycles. The summed E-state index contributed by atoms with van der Waals surface area (Å²) in [6, 6.07) is 7.16. The third-order valence-electron chi connectivity index (χ3n) is 3.61. The number of ether oxygens (including phenoxy) is 2. The number of hydrogen-bond donors (Lipinski definition) is 0. The minimum absolute atomic E-state index is 0.267. The summed E-state index contributed by atoms with van der Waals surface area (Å²) < 4.78 is 10.5. The number of rotatable bonds is 6. The normalized spacial score (nSPS) is 15.4. The molecule has 122 valence electrons. The van der Waals surface area contributed by atoms with Crippen molar-refractivity contribution in [1.29, 1.82) is 0 Å². The second kappa shape index (κ2) is 7.27. The van der Waals surface area contributed by atoms with E-state index >= 15 is 0 Å². The maximum atomic E-state index is 12.0. The van der Waals surface area contributed by atoms with E-state index in [4.69, 9.17) is 9.47 Å². The second-order valence-corrected chi connectivity index (χ2v) is 5.86. The van der Waals surface area contributed by atoms with Crippen LogP contribution in [0.1, 0.15) is 46.1 Å². The molecule has 1 aliphatic heterocycles. The molecule has 2 rings (SSSR count). The molecule has 0 N–H and O–H groups in total. The third-order valence-corrected chi connectivity index (χ3v) is 3.61. The van der Waals surface area contributed by atoms with Gasteiger partial charge < -0.3 is 9.47 Å². The van der Waals surface area contributed by atoms with E-state index in [2.05, 4.69) is 0 Å². The second-order valence-electron chi connectivity index (χ2n) is 5.86. The van der Waals surface area contributed by atoms with Gasteiger partial charge in [0.2, 0.25) is 0 Å². The van der Waals surface area contributed by atoms with Crippen LogP contribution >= 0.6 is 0 Å². The number of cyclic esters (lactones) is 2. The van der Waals surface area contributed by atoms with Crippen molar-refractivity contribution in [2.24, 2.45) is 5.92 Å². The van der Waals surface area contributed by atoms with Crippen molar-refractivity contribution in [3.63, 3.8) is 0 Å².